The van der Waals surface area contributed by atoms with E-state index in [0.717, 1.165) is 0 Å². The number of nitriles is 1. The van der Waals surface area contributed by atoms with Crippen molar-refractivity contribution >= 4 is 11.7 Å². The first-order valence-corrected chi connectivity index (χ1v) is 7.01. The number of nitrogens with two attached hydrogens (primary N) is 1. The standard InChI is InChI=1S/C16H22N2O3/c1-4-20-13-8-5-7-12(18)14(13)15(19)21-10-6-9-16(2,3)11-17/h5,7-8H,4,6,9-10,18H2,1-3H3. The van der Waals surface area contributed by atoms with Crippen LogP contribution in [0.15, 0.2) is 18.2 Å². The first kappa shape index (κ1) is 16.8. The summed E-state index contributed by atoms with van der Waals surface area (Å²) in [4.78, 5) is 12.1. The second-order valence-electron chi connectivity index (χ2n) is 5.39. The maximum absolute atomic E-state index is 12.1. The third kappa shape index (κ3) is 4.99. The molecule has 0 spiro atoms. The molecule has 1 aromatic rings. The molecule has 0 aliphatic carbocycles. The van der Waals surface area contributed by atoms with Crippen LogP contribution in [0.4, 0.5) is 5.69 Å². The number of nitrogens with zero attached hydrogens (tertiary/aromatic N) is 1. The lowest BCUT2D eigenvalue weighted by atomic mass is 9.90. The zero-order valence-corrected chi connectivity index (χ0v) is 12.8. The Morgan fingerprint density at radius 3 is 2.76 bits per heavy atom. The van der Waals surface area contributed by atoms with Gasteiger partial charge in [0.05, 0.1) is 24.7 Å². The second-order valence-corrected chi connectivity index (χ2v) is 5.39. The van der Waals surface area contributed by atoms with E-state index in [9.17, 15) is 4.79 Å². The number of nitrogen functional groups attached to an aromatic ring is 1. The number of carbonyl (C=O) groups excluding carboxylic acids is 1. The molecular weight excluding hydrogens is 268 g/mol. The van der Waals surface area contributed by atoms with Gasteiger partial charge in [0.2, 0.25) is 0 Å². The van der Waals surface area contributed by atoms with E-state index < -0.39 is 11.4 Å². The molecular formula is C16H22N2O3. The zero-order valence-electron chi connectivity index (χ0n) is 12.8. The fourth-order valence-electron chi connectivity index (χ4n) is 1.85. The van der Waals surface area contributed by atoms with E-state index in [0.29, 0.717) is 30.9 Å². The van der Waals surface area contributed by atoms with Crippen molar-refractivity contribution in [2.75, 3.05) is 18.9 Å². The number of benzene rings is 1. The Kier molecular flexibility index (Phi) is 6.04. The van der Waals surface area contributed by atoms with Crippen molar-refractivity contribution in [3.05, 3.63) is 23.8 Å². The number of hydrogen-bond donors (Lipinski definition) is 1. The summed E-state index contributed by atoms with van der Waals surface area (Å²) in [5, 5.41) is 8.92. The molecule has 0 unspecified atom stereocenters. The van der Waals surface area contributed by atoms with Crippen molar-refractivity contribution in [1.29, 1.82) is 5.26 Å². The molecule has 114 valence electrons. The molecule has 0 saturated carbocycles. The molecule has 0 bridgehead atoms. The predicted octanol–water partition coefficient (Wildman–Crippen LogP) is 3.15. The van der Waals surface area contributed by atoms with E-state index in [2.05, 4.69) is 6.07 Å². The van der Waals surface area contributed by atoms with Gasteiger partial charge in [-0.1, -0.05) is 6.07 Å². The quantitative estimate of drug-likeness (QED) is 0.473. The van der Waals surface area contributed by atoms with Crippen molar-refractivity contribution in [1.82, 2.24) is 0 Å². The van der Waals surface area contributed by atoms with Crippen LogP contribution in [-0.2, 0) is 4.74 Å². The van der Waals surface area contributed by atoms with Gasteiger partial charge in [-0.2, -0.15) is 5.26 Å². The summed E-state index contributed by atoms with van der Waals surface area (Å²) in [5.41, 5.74) is 6.01. The Balaban J connectivity index is 2.63. The van der Waals surface area contributed by atoms with Crippen molar-refractivity contribution in [2.45, 2.75) is 33.6 Å². The third-order valence-electron chi connectivity index (χ3n) is 3.04. The fraction of sp³-hybridized carbons (Fsp3) is 0.500. The number of esters is 1. The molecule has 5 heteroatoms. The number of anilines is 1. The van der Waals surface area contributed by atoms with Gasteiger partial charge >= 0.3 is 5.97 Å². The summed E-state index contributed by atoms with van der Waals surface area (Å²) < 4.78 is 10.6. The summed E-state index contributed by atoms with van der Waals surface area (Å²) in [5.74, 6) is -0.0637. The van der Waals surface area contributed by atoms with Crippen LogP contribution >= 0.6 is 0 Å². The van der Waals surface area contributed by atoms with Crippen LogP contribution in [0.1, 0.15) is 44.0 Å². The SMILES string of the molecule is CCOc1cccc(N)c1C(=O)OCCCC(C)(C)C#N. The van der Waals surface area contributed by atoms with Crippen molar-refractivity contribution in [3.63, 3.8) is 0 Å². The summed E-state index contributed by atoms with van der Waals surface area (Å²) >= 11 is 0. The van der Waals surface area contributed by atoms with E-state index in [4.69, 9.17) is 20.5 Å². The molecule has 0 fully saturated rings. The average molecular weight is 290 g/mol. The summed E-state index contributed by atoms with van der Waals surface area (Å²) in [6.07, 6.45) is 1.29. The second kappa shape index (κ2) is 7.53. The Bertz CT molecular complexity index is 533. The van der Waals surface area contributed by atoms with Gasteiger partial charge in [-0.25, -0.2) is 4.79 Å². The highest BCUT2D eigenvalue weighted by molar-refractivity contribution is 5.98. The monoisotopic (exact) mass is 290 g/mol. The van der Waals surface area contributed by atoms with E-state index >= 15 is 0 Å². The molecule has 0 aromatic heterocycles. The molecule has 0 heterocycles. The Labute approximate surface area is 125 Å². The first-order valence-electron chi connectivity index (χ1n) is 7.01. The summed E-state index contributed by atoms with van der Waals surface area (Å²) in [6.45, 7) is 6.25. The summed E-state index contributed by atoms with van der Waals surface area (Å²) in [6, 6.07) is 7.27. The molecule has 0 atom stereocenters. The molecule has 0 amide bonds. The van der Waals surface area contributed by atoms with E-state index in [-0.39, 0.29) is 12.2 Å². The molecule has 0 aliphatic rings. The van der Waals surface area contributed by atoms with Gasteiger partial charge in [-0.3, -0.25) is 0 Å². The largest absolute Gasteiger partial charge is 0.493 e. The van der Waals surface area contributed by atoms with Gasteiger partial charge in [0.15, 0.2) is 0 Å². The Morgan fingerprint density at radius 1 is 1.43 bits per heavy atom. The minimum atomic E-state index is -0.494. The molecule has 5 nitrogen and oxygen atoms in total. The molecule has 2 N–H and O–H groups in total. The minimum absolute atomic E-state index is 0.254. The highest BCUT2D eigenvalue weighted by atomic mass is 16.5. The van der Waals surface area contributed by atoms with Crippen LogP contribution in [0.2, 0.25) is 0 Å². The van der Waals surface area contributed by atoms with E-state index in [1.54, 1.807) is 18.2 Å². The molecule has 1 rings (SSSR count). The number of hydrogen-bond acceptors (Lipinski definition) is 5. The lowest BCUT2D eigenvalue weighted by Crippen LogP contribution is -2.14. The van der Waals surface area contributed by atoms with Crippen LogP contribution in [-0.4, -0.2) is 19.2 Å². The smallest absolute Gasteiger partial charge is 0.344 e. The number of carbonyl (C=O) groups is 1. The Hall–Kier alpha value is -2.22. The van der Waals surface area contributed by atoms with Gasteiger partial charge in [-0.05, 0) is 45.7 Å². The van der Waals surface area contributed by atoms with E-state index in [1.807, 2.05) is 20.8 Å². The maximum Gasteiger partial charge on any atom is 0.344 e. The summed E-state index contributed by atoms with van der Waals surface area (Å²) in [7, 11) is 0. The van der Waals surface area contributed by atoms with Crippen LogP contribution < -0.4 is 10.5 Å². The minimum Gasteiger partial charge on any atom is -0.493 e. The van der Waals surface area contributed by atoms with Crippen molar-refractivity contribution < 1.29 is 14.3 Å². The number of rotatable bonds is 7. The van der Waals surface area contributed by atoms with E-state index in [1.165, 1.54) is 0 Å². The predicted molar refractivity (Wildman–Crippen MR) is 80.9 cm³/mol. The molecule has 21 heavy (non-hydrogen) atoms. The number of ether oxygens (including phenoxy) is 2. The normalized spacial score (nSPS) is 10.8. The lowest BCUT2D eigenvalue weighted by molar-refractivity contribution is 0.0488. The van der Waals surface area contributed by atoms with Gasteiger partial charge < -0.3 is 15.2 Å². The van der Waals surface area contributed by atoms with Crippen LogP contribution in [0.3, 0.4) is 0 Å². The highest BCUT2D eigenvalue weighted by Crippen LogP contribution is 2.26. The lowest BCUT2D eigenvalue weighted by Gasteiger charge is -2.15. The third-order valence-corrected chi connectivity index (χ3v) is 3.04. The van der Waals surface area contributed by atoms with Crippen molar-refractivity contribution in [3.8, 4) is 11.8 Å². The highest BCUT2D eigenvalue weighted by Gasteiger charge is 2.19. The topological polar surface area (TPSA) is 85.3 Å². The van der Waals surface area contributed by atoms with Crippen molar-refractivity contribution in [2.24, 2.45) is 5.41 Å². The first-order chi connectivity index (χ1) is 9.91. The average Bonchev–Trinajstić information content (AvgIpc) is 2.44. The van der Waals surface area contributed by atoms with Gasteiger partial charge in [0, 0.05) is 5.69 Å². The Morgan fingerprint density at radius 2 is 2.14 bits per heavy atom. The van der Waals surface area contributed by atoms with Crippen LogP contribution in [0.5, 0.6) is 5.75 Å². The molecule has 0 saturated heterocycles. The van der Waals surface area contributed by atoms with Crippen LogP contribution in [0, 0.1) is 16.7 Å². The molecule has 1 aromatic carbocycles. The zero-order chi connectivity index (χ0) is 15.9. The van der Waals surface area contributed by atoms with Gasteiger partial charge in [-0.15, -0.1) is 0 Å². The van der Waals surface area contributed by atoms with Crippen LogP contribution in [0.25, 0.3) is 0 Å². The van der Waals surface area contributed by atoms with Gasteiger partial charge in [0.1, 0.15) is 11.3 Å². The molecule has 0 aliphatic heterocycles. The maximum atomic E-state index is 12.1. The molecule has 0 radical (unpaired) electrons. The van der Waals surface area contributed by atoms with Gasteiger partial charge in [0.25, 0.3) is 0 Å². The fourth-order valence-corrected chi connectivity index (χ4v) is 1.85.